The maximum absolute atomic E-state index is 12.2. The molecule has 0 bridgehead atoms. The predicted molar refractivity (Wildman–Crippen MR) is 95.1 cm³/mol. The van der Waals surface area contributed by atoms with Crippen molar-refractivity contribution in [1.29, 1.82) is 0 Å². The molecule has 2 heterocycles. The molecule has 24 heavy (non-hydrogen) atoms. The third-order valence-electron chi connectivity index (χ3n) is 5.17. The summed E-state index contributed by atoms with van der Waals surface area (Å²) in [5.74, 6) is 2.55. The minimum absolute atomic E-state index is 0.0307. The van der Waals surface area contributed by atoms with Gasteiger partial charge in [-0.05, 0) is 62.7 Å². The molecule has 1 aliphatic carbocycles. The van der Waals surface area contributed by atoms with E-state index in [0.717, 1.165) is 26.1 Å². The number of nitrogens with one attached hydrogen (secondary N) is 2. The first-order chi connectivity index (χ1) is 11.8. The number of carbonyl (C=O) groups excluding carboxylic acids is 1. The zero-order chi connectivity index (χ0) is 16.6. The van der Waals surface area contributed by atoms with E-state index in [1.807, 2.05) is 12.1 Å². The van der Waals surface area contributed by atoms with E-state index >= 15 is 0 Å². The molecule has 2 aliphatic rings. The molecular formula is C19H29N3O2. The van der Waals surface area contributed by atoms with E-state index in [-0.39, 0.29) is 5.91 Å². The highest BCUT2D eigenvalue weighted by Gasteiger charge is 2.18. The Bertz CT molecular complexity index is 523. The molecule has 2 N–H and O–H groups in total. The van der Waals surface area contributed by atoms with Gasteiger partial charge in [0.25, 0.3) is 0 Å². The summed E-state index contributed by atoms with van der Waals surface area (Å²) in [6.07, 6.45) is 10.8. The fourth-order valence-corrected chi connectivity index (χ4v) is 3.65. The number of anilines is 1. The Morgan fingerprint density at radius 3 is 2.92 bits per heavy atom. The van der Waals surface area contributed by atoms with Crippen molar-refractivity contribution in [3.63, 3.8) is 0 Å². The van der Waals surface area contributed by atoms with Gasteiger partial charge in [-0.25, -0.2) is 4.98 Å². The molecule has 5 heteroatoms. The number of aromatic nitrogens is 1. The van der Waals surface area contributed by atoms with E-state index < -0.39 is 0 Å². The van der Waals surface area contributed by atoms with Crippen molar-refractivity contribution in [2.45, 2.75) is 51.4 Å². The van der Waals surface area contributed by atoms with Gasteiger partial charge in [-0.2, -0.15) is 0 Å². The monoisotopic (exact) mass is 331 g/mol. The summed E-state index contributed by atoms with van der Waals surface area (Å²) in [6.45, 7) is 2.83. The molecule has 1 saturated carbocycles. The van der Waals surface area contributed by atoms with Gasteiger partial charge in [0.05, 0.1) is 6.61 Å². The Morgan fingerprint density at radius 1 is 1.25 bits per heavy atom. The van der Waals surface area contributed by atoms with Gasteiger partial charge in [-0.1, -0.05) is 19.3 Å². The first-order valence-electron chi connectivity index (χ1n) is 9.39. The lowest BCUT2D eigenvalue weighted by molar-refractivity contribution is -0.116. The molecule has 1 saturated heterocycles. The van der Waals surface area contributed by atoms with Crippen LogP contribution in [0, 0.1) is 11.8 Å². The number of carbonyl (C=O) groups is 1. The average Bonchev–Trinajstić information content (AvgIpc) is 3.14. The maximum Gasteiger partial charge on any atom is 0.225 e. The van der Waals surface area contributed by atoms with Gasteiger partial charge in [0.2, 0.25) is 5.91 Å². The Kier molecular flexibility index (Phi) is 6.47. The first-order valence-corrected chi connectivity index (χ1v) is 9.39. The second-order valence-electron chi connectivity index (χ2n) is 7.11. The van der Waals surface area contributed by atoms with Gasteiger partial charge < -0.3 is 15.4 Å². The molecule has 1 unspecified atom stereocenters. The summed E-state index contributed by atoms with van der Waals surface area (Å²) >= 11 is 0. The first kappa shape index (κ1) is 17.2. The zero-order valence-corrected chi connectivity index (χ0v) is 14.4. The lowest BCUT2D eigenvalue weighted by Gasteiger charge is -2.22. The zero-order valence-electron chi connectivity index (χ0n) is 14.4. The molecule has 2 fully saturated rings. The SMILES string of the molecule is O=C(CCC1CCNC1)Nc1ncccc1OCC1CCCCC1. The Balaban J connectivity index is 1.48. The molecule has 1 aliphatic heterocycles. The summed E-state index contributed by atoms with van der Waals surface area (Å²) < 4.78 is 5.97. The highest BCUT2D eigenvalue weighted by molar-refractivity contribution is 5.91. The maximum atomic E-state index is 12.2. The van der Waals surface area contributed by atoms with E-state index in [0.29, 0.717) is 29.8 Å². The highest BCUT2D eigenvalue weighted by atomic mass is 16.5. The van der Waals surface area contributed by atoms with Gasteiger partial charge in [-0.3, -0.25) is 4.79 Å². The normalized spacial score (nSPS) is 21.6. The summed E-state index contributed by atoms with van der Waals surface area (Å²) in [7, 11) is 0. The Hall–Kier alpha value is -1.62. The van der Waals surface area contributed by atoms with Crippen LogP contribution in [0.2, 0.25) is 0 Å². The smallest absolute Gasteiger partial charge is 0.225 e. The number of hydrogen-bond acceptors (Lipinski definition) is 4. The van der Waals surface area contributed by atoms with Gasteiger partial charge >= 0.3 is 0 Å². The molecule has 132 valence electrons. The van der Waals surface area contributed by atoms with E-state index in [9.17, 15) is 4.79 Å². The van der Waals surface area contributed by atoms with Crippen molar-refractivity contribution in [2.75, 3.05) is 25.0 Å². The molecule has 1 amide bonds. The number of ether oxygens (including phenoxy) is 1. The molecule has 0 aromatic carbocycles. The number of nitrogens with zero attached hydrogens (tertiary/aromatic N) is 1. The molecule has 0 spiro atoms. The predicted octanol–water partition coefficient (Wildman–Crippen LogP) is 3.37. The van der Waals surface area contributed by atoms with Crippen molar-refractivity contribution < 1.29 is 9.53 Å². The van der Waals surface area contributed by atoms with Crippen LogP contribution in [0.3, 0.4) is 0 Å². The third-order valence-corrected chi connectivity index (χ3v) is 5.17. The number of amides is 1. The second-order valence-corrected chi connectivity index (χ2v) is 7.11. The molecule has 1 aromatic rings. The van der Waals surface area contributed by atoms with Gasteiger partial charge in [0.15, 0.2) is 11.6 Å². The highest BCUT2D eigenvalue weighted by Crippen LogP contribution is 2.27. The molecule has 3 rings (SSSR count). The number of pyridine rings is 1. The topological polar surface area (TPSA) is 63.2 Å². The molecule has 1 aromatic heterocycles. The van der Waals surface area contributed by atoms with Gasteiger partial charge in [0.1, 0.15) is 0 Å². The summed E-state index contributed by atoms with van der Waals surface area (Å²) in [5.41, 5.74) is 0. The van der Waals surface area contributed by atoms with Crippen molar-refractivity contribution in [3.05, 3.63) is 18.3 Å². The van der Waals surface area contributed by atoms with Crippen LogP contribution in [0.5, 0.6) is 5.75 Å². The molecule has 5 nitrogen and oxygen atoms in total. The van der Waals surface area contributed by atoms with E-state index in [2.05, 4.69) is 15.6 Å². The van der Waals surface area contributed by atoms with Crippen LogP contribution in [0.1, 0.15) is 51.4 Å². The van der Waals surface area contributed by atoms with Crippen molar-refractivity contribution in [3.8, 4) is 5.75 Å². The number of hydrogen-bond donors (Lipinski definition) is 2. The third kappa shape index (κ3) is 5.20. The Labute approximate surface area is 144 Å². The van der Waals surface area contributed by atoms with Crippen LogP contribution >= 0.6 is 0 Å². The second kappa shape index (κ2) is 9.02. The summed E-state index contributed by atoms with van der Waals surface area (Å²) in [5, 5.41) is 6.27. The Morgan fingerprint density at radius 2 is 2.12 bits per heavy atom. The average molecular weight is 331 g/mol. The summed E-state index contributed by atoms with van der Waals surface area (Å²) in [6, 6.07) is 3.75. The van der Waals surface area contributed by atoms with Crippen LogP contribution < -0.4 is 15.4 Å². The van der Waals surface area contributed by atoms with Crippen molar-refractivity contribution in [1.82, 2.24) is 10.3 Å². The van der Waals surface area contributed by atoms with E-state index in [1.54, 1.807) is 6.20 Å². The van der Waals surface area contributed by atoms with Gasteiger partial charge in [-0.15, -0.1) is 0 Å². The lowest BCUT2D eigenvalue weighted by atomic mass is 9.90. The fraction of sp³-hybridized carbons (Fsp3) is 0.684. The minimum atomic E-state index is 0.0307. The van der Waals surface area contributed by atoms with Crippen LogP contribution in [0.15, 0.2) is 18.3 Å². The van der Waals surface area contributed by atoms with E-state index in [1.165, 1.54) is 38.5 Å². The van der Waals surface area contributed by atoms with Gasteiger partial charge in [0, 0.05) is 12.6 Å². The van der Waals surface area contributed by atoms with Crippen molar-refractivity contribution >= 4 is 11.7 Å². The quantitative estimate of drug-likeness (QED) is 0.804. The van der Waals surface area contributed by atoms with E-state index in [4.69, 9.17) is 4.74 Å². The van der Waals surface area contributed by atoms with Crippen LogP contribution in [0.4, 0.5) is 5.82 Å². The lowest BCUT2D eigenvalue weighted by Crippen LogP contribution is -2.18. The fourth-order valence-electron chi connectivity index (χ4n) is 3.65. The standard InChI is InChI=1S/C19H29N3O2/c23-18(9-8-15-10-12-20-13-15)22-19-17(7-4-11-21-19)24-14-16-5-2-1-3-6-16/h4,7,11,15-16,20H,1-3,5-6,8-10,12-14H2,(H,21,22,23). The minimum Gasteiger partial charge on any atom is -0.489 e. The molecule has 1 atom stereocenters. The molecule has 0 radical (unpaired) electrons. The van der Waals surface area contributed by atoms with Crippen LogP contribution in [0.25, 0.3) is 0 Å². The molecular weight excluding hydrogens is 302 g/mol. The van der Waals surface area contributed by atoms with Crippen LogP contribution in [-0.2, 0) is 4.79 Å². The number of rotatable bonds is 7. The van der Waals surface area contributed by atoms with Crippen molar-refractivity contribution in [2.24, 2.45) is 11.8 Å². The summed E-state index contributed by atoms with van der Waals surface area (Å²) in [4.78, 5) is 16.5. The largest absolute Gasteiger partial charge is 0.489 e. The van der Waals surface area contributed by atoms with Crippen LogP contribution in [-0.4, -0.2) is 30.6 Å².